The van der Waals surface area contributed by atoms with Crippen molar-refractivity contribution in [1.82, 2.24) is 0 Å². The number of hydrogen-bond acceptors (Lipinski definition) is 4. The van der Waals surface area contributed by atoms with Crippen molar-refractivity contribution in [3.05, 3.63) is 12.2 Å². The second-order valence-electron chi connectivity index (χ2n) is 2.27. The van der Waals surface area contributed by atoms with E-state index in [1.54, 1.807) is 6.08 Å². The summed E-state index contributed by atoms with van der Waals surface area (Å²) in [6.07, 6.45) is 3.13. The van der Waals surface area contributed by atoms with E-state index in [4.69, 9.17) is 15.1 Å². The molecule has 0 aliphatic carbocycles. The van der Waals surface area contributed by atoms with Crippen molar-refractivity contribution < 1.29 is 15.1 Å². The second kappa shape index (κ2) is 4.10. The molecule has 0 saturated heterocycles. The number of hydrogen-bond donors (Lipinski definition) is 2. The van der Waals surface area contributed by atoms with Gasteiger partial charge in [0.15, 0.2) is 0 Å². The molecule has 0 aromatic carbocycles. The van der Waals surface area contributed by atoms with Gasteiger partial charge in [-0.15, -0.1) is 0 Å². The molecule has 62 valence electrons. The highest BCUT2D eigenvalue weighted by Gasteiger charge is 2.04. The third-order valence-electron chi connectivity index (χ3n) is 1.33. The molecule has 1 aliphatic rings. The summed E-state index contributed by atoms with van der Waals surface area (Å²) in [6.45, 7) is 0.347. The molecular weight excluding hydrogens is 146 g/mol. The minimum absolute atomic E-state index is 0.259. The van der Waals surface area contributed by atoms with Gasteiger partial charge in [-0.05, 0) is 6.08 Å². The van der Waals surface area contributed by atoms with Gasteiger partial charge in [-0.1, -0.05) is 11.2 Å². The molecule has 1 rings (SSSR count). The smallest absolute Gasteiger partial charge is 0.122 e. The monoisotopic (exact) mass is 157 g/mol. The zero-order valence-corrected chi connectivity index (χ0v) is 6.10. The Labute approximate surface area is 64.8 Å². The molecule has 0 amide bonds. The van der Waals surface area contributed by atoms with E-state index in [9.17, 15) is 0 Å². The maximum atomic E-state index is 8.89. The molecule has 0 aromatic rings. The Balaban J connectivity index is 2.33. The van der Waals surface area contributed by atoms with E-state index in [2.05, 4.69) is 5.16 Å². The van der Waals surface area contributed by atoms with Crippen molar-refractivity contribution in [2.75, 3.05) is 13.2 Å². The molecule has 4 nitrogen and oxygen atoms in total. The number of rotatable bonds is 3. The first-order valence-electron chi connectivity index (χ1n) is 3.49. The molecule has 1 atom stereocenters. The Hall–Kier alpha value is -0.870. The quantitative estimate of drug-likeness (QED) is 0.589. The van der Waals surface area contributed by atoms with Crippen LogP contribution in [0.3, 0.4) is 0 Å². The number of aliphatic hydroxyl groups excluding tert-OH is 2. The first-order chi connectivity index (χ1) is 5.33. The topological polar surface area (TPSA) is 62.0 Å². The highest BCUT2D eigenvalue weighted by molar-refractivity contribution is 5.95. The number of nitrogens with zero attached hydrogens (tertiary/aromatic N) is 1. The Morgan fingerprint density at radius 3 is 3.09 bits per heavy atom. The van der Waals surface area contributed by atoms with Crippen molar-refractivity contribution in [2.45, 2.75) is 12.5 Å². The Morgan fingerprint density at radius 1 is 1.73 bits per heavy atom. The minimum atomic E-state index is -0.793. The molecule has 0 aromatic heterocycles. The number of oxime groups is 1. The van der Waals surface area contributed by atoms with Crippen LogP contribution >= 0.6 is 0 Å². The van der Waals surface area contributed by atoms with E-state index < -0.39 is 6.10 Å². The summed E-state index contributed by atoms with van der Waals surface area (Å²) >= 11 is 0. The SMILES string of the molecule is OC[C@@H](O)/C=C/C1=NOCC1. The van der Waals surface area contributed by atoms with E-state index in [-0.39, 0.29) is 6.61 Å². The first-order valence-corrected chi connectivity index (χ1v) is 3.49. The van der Waals surface area contributed by atoms with Crippen LogP contribution < -0.4 is 0 Å². The van der Waals surface area contributed by atoms with Gasteiger partial charge in [0, 0.05) is 6.42 Å². The van der Waals surface area contributed by atoms with Gasteiger partial charge < -0.3 is 15.1 Å². The lowest BCUT2D eigenvalue weighted by atomic mass is 10.2. The third kappa shape index (κ3) is 2.69. The minimum Gasteiger partial charge on any atom is -0.395 e. The molecule has 4 heteroatoms. The third-order valence-corrected chi connectivity index (χ3v) is 1.33. The van der Waals surface area contributed by atoms with E-state index >= 15 is 0 Å². The molecule has 1 heterocycles. The normalized spacial score (nSPS) is 20.0. The Bertz CT molecular complexity index is 177. The lowest BCUT2D eigenvalue weighted by Crippen LogP contribution is -2.08. The van der Waals surface area contributed by atoms with Gasteiger partial charge in [-0.25, -0.2) is 0 Å². The van der Waals surface area contributed by atoms with Crippen LogP contribution in [-0.2, 0) is 4.84 Å². The van der Waals surface area contributed by atoms with E-state index in [0.29, 0.717) is 6.61 Å². The zero-order valence-electron chi connectivity index (χ0n) is 6.10. The summed E-state index contributed by atoms with van der Waals surface area (Å²) in [6, 6.07) is 0. The van der Waals surface area contributed by atoms with Gasteiger partial charge in [0.1, 0.15) is 6.61 Å². The van der Waals surface area contributed by atoms with E-state index in [1.165, 1.54) is 6.08 Å². The van der Waals surface area contributed by atoms with E-state index in [1.807, 2.05) is 0 Å². The fourth-order valence-corrected chi connectivity index (χ4v) is 0.721. The van der Waals surface area contributed by atoms with Gasteiger partial charge in [0.25, 0.3) is 0 Å². The summed E-state index contributed by atoms with van der Waals surface area (Å²) in [5.74, 6) is 0. The summed E-state index contributed by atoms with van der Waals surface area (Å²) in [4.78, 5) is 4.72. The average Bonchev–Trinajstić information content (AvgIpc) is 2.52. The van der Waals surface area contributed by atoms with Crippen LogP contribution in [0.2, 0.25) is 0 Å². The van der Waals surface area contributed by atoms with Crippen molar-refractivity contribution in [3.63, 3.8) is 0 Å². The van der Waals surface area contributed by atoms with Gasteiger partial charge in [-0.3, -0.25) is 0 Å². The van der Waals surface area contributed by atoms with Crippen molar-refractivity contribution in [1.29, 1.82) is 0 Å². The molecule has 0 unspecified atom stereocenters. The molecule has 0 fully saturated rings. The van der Waals surface area contributed by atoms with Gasteiger partial charge >= 0.3 is 0 Å². The van der Waals surface area contributed by atoms with Crippen LogP contribution in [0.4, 0.5) is 0 Å². The lowest BCUT2D eigenvalue weighted by molar-refractivity contribution is 0.131. The largest absolute Gasteiger partial charge is 0.395 e. The fraction of sp³-hybridized carbons (Fsp3) is 0.571. The Kier molecular flexibility index (Phi) is 3.07. The predicted molar refractivity (Wildman–Crippen MR) is 40.2 cm³/mol. The first kappa shape index (κ1) is 8.23. The van der Waals surface area contributed by atoms with Crippen LogP contribution in [0.25, 0.3) is 0 Å². The van der Waals surface area contributed by atoms with E-state index in [0.717, 1.165) is 12.1 Å². The van der Waals surface area contributed by atoms with Crippen molar-refractivity contribution >= 4 is 5.71 Å². The molecule has 1 aliphatic heterocycles. The molecule has 0 spiro atoms. The maximum absolute atomic E-state index is 8.89. The molecule has 0 radical (unpaired) electrons. The van der Waals surface area contributed by atoms with Crippen molar-refractivity contribution in [3.8, 4) is 0 Å². The predicted octanol–water partition coefficient (Wildman–Crippen LogP) is -0.328. The standard InChI is InChI=1S/C7H11NO3/c9-5-7(10)2-1-6-3-4-11-8-6/h1-2,7,9-10H,3-5H2/b2-1+/t7-/m0/s1. The summed E-state index contributed by atoms with van der Waals surface area (Å²) in [5.41, 5.74) is 0.803. The molecule has 2 N–H and O–H groups in total. The molecular formula is C7H11NO3. The average molecular weight is 157 g/mol. The second-order valence-corrected chi connectivity index (χ2v) is 2.27. The molecule has 0 saturated carbocycles. The van der Waals surface area contributed by atoms with Crippen LogP contribution in [0.15, 0.2) is 17.3 Å². The van der Waals surface area contributed by atoms with Crippen LogP contribution in [0.1, 0.15) is 6.42 Å². The summed E-state index contributed by atoms with van der Waals surface area (Å²) in [5, 5.41) is 21.0. The lowest BCUT2D eigenvalue weighted by Gasteiger charge is -1.96. The maximum Gasteiger partial charge on any atom is 0.122 e. The van der Waals surface area contributed by atoms with Crippen LogP contribution in [-0.4, -0.2) is 35.2 Å². The van der Waals surface area contributed by atoms with Gasteiger partial charge in [-0.2, -0.15) is 0 Å². The number of allylic oxidation sites excluding steroid dienone is 1. The van der Waals surface area contributed by atoms with Crippen molar-refractivity contribution in [2.24, 2.45) is 5.16 Å². The number of aliphatic hydroxyl groups is 2. The summed E-state index contributed by atoms with van der Waals surface area (Å²) < 4.78 is 0. The molecule has 11 heavy (non-hydrogen) atoms. The van der Waals surface area contributed by atoms with Crippen LogP contribution in [0.5, 0.6) is 0 Å². The highest BCUT2D eigenvalue weighted by atomic mass is 16.6. The zero-order chi connectivity index (χ0) is 8.10. The van der Waals surface area contributed by atoms with Crippen LogP contribution in [0, 0.1) is 0 Å². The van der Waals surface area contributed by atoms with Gasteiger partial charge in [0.05, 0.1) is 18.4 Å². The highest BCUT2D eigenvalue weighted by Crippen LogP contribution is 2.01. The Morgan fingerprint density at radius 2 is 2.55 bits per heavy atom. The fourth-order valence-electron chi connectivity index (χ4n) is 0.721. The van der Waals surface area contributed by atoms with Gasteiger partial charge in [0.2, 0.25) is 0 Å². The summed E-state index contributed by atoms with van der Waals surface area (Å²) in [7, 11) is 0. The molecule has 0 bridgehead atoms.